The van der Waals surface area contributed by atoms with Crippen molar-refractivity contribution in [3.8, 4) is 0 Å². The molecule has 4 heterocycles. The maximum absolute atomic E-state index is 13.2. The zero-order valence-corrected chi connectivity index (χ0v) is 25.4. The lowest BCUT2D eigenvalue weighted by Gasteiger charge is -2.47. The monoisotopic (exact) mass is 621 g/mol. The zero-order valence-electron chi connectivity index (χ0n) is 23.8. The number of nitrogens with zero attached hydrogens (tertiary/aromatic N) is 3. The van der Waals surface area contributed by atoms with Gasteiger partial charge in [0.1, 0.15) is 5.60 Å². The molecular formula is C30H34F3N3O4S2. The van der Waals surface area contributed by atoms with E-state index in [2.05, 4.69) is 14.9 Å². The summed E-state index contributed by atoms with van der Waals surface area (Å²) in [6.07, 6.45) is 0.918. The largest absolute Gasteiger partial charge is 0.451 e. The summed E-state index contributed by atoms with van der Waals surface area (Å²) in [7, 11) is -3.26. The van der Waals surface area contributed by atoms with E-state index < -0.39 is 27.4 Å². The number of thiophene rings is 1. The predicted molar refractivity (Wildman–Crippen MR) is 153 cm³/mol. The van der Waals surface area contributed by atoms with Crippen molar-refractivity contribution in [2.75, 3.05) is 18.8 Å². The number of ketones is 1. The number of carbonyl (C=O) groups is 1. The molecule has 7 nitrogen and oxygen atoms in total. The van der Waals surface area contributed by atoms with Gasteiger partial charge in [-0.25, -0.2) is 18.4 Å². The van der Waals surface area contributed by atoms with Crippen molar-refractivity contribution in [1.29, 1.82) is 0 Å². The number of rotatable bonds is 8. The van der Waals surface area contributed by atoms with Crippen LogP contribution in [0, 0.1) is 0 Å². The van der Waals surface area contributed by atoms with E-state index in [1.807, 2.05) is 19.9 Å². The third-order valence-corrected chi connectivity index (χ3v) is 11.5. The number of hydrogen-bond acceptors (Lipinski definition) is 8. The van der Waals surface area contributed by atoms with Crippen molar-refractivity contribution in [2.24, 2.45) is 0 Å². The van der Waals surface area contributed by atoms with Gasteiger partial charge in [0.05, 0.1) is 21.6 Å². The number of piperidine rings is 1. The number of Topliss-reactive ketones (excluding diaryl/α,β-unsaturated/α-hetero) is 1. The van der Waals surface area contributed by atoms with Gasteiger partial charge >= 0.3 is 6.18 Å². The highest BCUT2D eigenvalue weighted by atomic mass is 32.2. The van der Waals surface area contributed by atoms with Crippen LogP contribution in [0.15, 0.2) is 47.6 Å². The Hall–Kier alpha value is -2.67. The Morgan fingerprint density at radius 2 is 1.81 bits per heavy atom. The van der Waals surface area contributed by atoms with Gasteiger partial charge in [0, 0.05) is 48.4 Å². The summed E-state index contributed by atoms with van der Waals surface area (Å²) in [5.41, 5.74) is 2.19. The van der Waals surface area contributed by atoms with Crippen LogP contribution in [-0.4, -0.2) is 54.0 Å². The molecule has 2 atom stereocenters. The average Bonchev–Trinajstić information content (AvgIpc) is 3.41. The first-order chi connectivity index (χ1) is 19.8. The van der Waals surface area contributed by atoms with Crippen LogP contribution in [0.5, 0.6) is 0 Å². The van der Waals surface area contributed by atoms with Gasteiger partial charge in [0.25, 0.3) is 0 Å². The lowest BCUT2D eigenvalue weighted by molar-refractivity contribution is -0.145. The van der Waals surface area contributed by atoms with E-state index >= 15 is 0 Å². The fraction of sp³-hybridized carbons (Fsp3) is 0.500. The maximum Gasteiger partial charge on any atom is 0.451 e. The van der Waals surface area contributed by atoms with Crippen molar-refractivity contribution < 1.29 is 31.1 Å². The third-order valence-electron chi connectivity index (χ3n) is 8.30. The van der Waals surface area contributed by atoms with E-state index in [4.69, 9.17) is 4.74 Å². The van der Waals surface area contributed by atoms with Gasteiger partial charge in [-0.1, -0.05) is 19.1 Å². The summed E-state index contributed by atoms with van der Waals surface area (Å²) in [4.78, 5) is 24.6. The first kappa shape index (κ1) is 30.8. The van der Waals surface area contributed by atoms with Crippen molar-refractivity contribution >= 4 is 27.0 Å². The second-order valence-electron chi connectivity index (χ2n) is 11.1. The first-order valence-corrected chi connectivity index (χ1v) is 16.6. The molecule has 2 aromatic heterocycles. The van der Waals surface area contributed by atoms with Crippen LogP contribution in [0.4, 0.5) is 13.2 Å². The Kier molecular flexibility index (Phi) is 8.63. The molecule has 12 heteroatoms. The van der Waals surface area contributed by atoms with Gasteiger partial charge in [0.2, 0.25) is 5.82 Å². The lowest BCUT2D eigenvalue weighted by Crippen LogP contribution is -2.48. The number of fused-ring (bicyclic) bond motifs is 2. The molecule has 1 aromatic carbocycles. The maximum atomic E-state index is 13.2. The number of sulfone groups is 1. The SMILES string of the molecule is CCS(=O)(=O)c1ccc(CCC(=O)c2cc3c(s2)C2(CCN([C@@H](C)c4cnc(C(F)(F)F)nc4)CC2)O[C@@H](C)C3)cc1. The Labute approximate surface area is 248 Å². The minimum absolute atomic E-state index is 0.000234. The van der Waals surface area contributed by atoms with Gasteiger partial charge in [-0.3, -0.25) is 9.69 Å². The molecule has 226 valence electrons. The molecule has 2 aliphatic rings. The molecule has 1 fully saturated rings. The third kappa shape index (κ3) is 6.31. The first-order valence-electron chi connectivity index (χ1n) is 14.1. The number of carbonyl (C=O) groups excluding carboxylic acids is 1. The number of ether oxygens (including phenoxy) is 1. The highest BCUT2D eigenvalue weighted by Gasteiger charge is 2.45. The molecule has 2 aliphatic heterocycles. The summed E-state index contributed by atoms with van der Waals surface area (Å²) >= 11 is 1.51. The van der Waals surface area contributed by atoms with Gasteiger partial charge < -0.3 is 4.74 Å². The summed E-state index contributed by atoms with van der Waals surface area (Å²) in [6.45, 7) is 6.96. The van der Waals surface area contributed by atoms with Gasteiger partial charge in [-0.2, -0.15) is 13.2 Å². The van der Waals surface area contributed by atoms with Crippen molar-refractivity contribution in [1.82, 2.24) is 14.9 Å². The van der Waals surface area contributed by atoms with Crippen LogP contribution in [0.1, 0.15) is 83.1 Å². The molecular weight excluding hydrogens is 587 g/mol. The van der Waals surface area contributed by atoms with E-state index in [-0.39, 0.29) is 23.7 Å². The molecule has 0 saturated carbocycles. The highest BCUT2D eigenvalue weighted by molar-refractivity contribution is 7.91. The lowest BCUT2D eigenvalue weighted by atomic mass is 9.83. The Bertz CT molecular complexity index is 1530. The number of likely N-dealkylation sites (tertiary alicyclic amines) is 1. The van der Waals surface area contributed by atoms with Crippen LogP contribution in [0.3, 0.4) is 0 Å². The van der Waals surface area contributed by atoms with E-state index in [9.17, 15) is 26.4 Å². The fourth-order valence-electron chi connectivity index (χ4n) is 5.83. The molecule has 1 spiro atoms. The quantitative estimate of drug-likeness (QED) is 0.278. The highest BCUT2D eigenvalue weighted by Crippen LogP contribution is 2.48. The Morgan fingerprint density at radius 3 is 2.40 bits per heavy atom. The topological polar surface area (TPSA) is 89.5 Å². The predicted octanol–water partition coefficient (Wildman–Crippen LogP) is 6.18. The van der Waals surface area contributed by atoms with E-state index in [0.29, 0.717) is 54.1 Å². The second-order valence-corrected chi connectivity index (χ2v) is 14.4. The molecule has 0 radical (unpaired) electrons. The smallest absolute Gasteiger partial charge is 0.366 e. The van der Waals surface area contributed by atoms with Crippen LogP contribution < -0.4 is 0 Å². The summed E-state index contributed by atoms with van der Waals surface area (Å²) in [5.74, 6) is -1.05. The summed E-state index contributed by atoms with van der Waals surface area (Å²) in [6, 6.07) is 8.60. The van der Waals surface area contributed by atoms with E-state index in [1.54, 1.807) is 31.2 Å². The molecule has 0 N–H and O–H groups in total. The summed E-state index contributed by atoms with van der Waals surface area (Å²) < 4.78 is 69.3. The normalized spacial score (nSPS) is 19.9. The minimum atomic E-state index is -4.57. The Balaban J connectivity index is 1.25. The summed E-state index contributed by atoms with van der Waals surface area (Å²) in [5, 5.41) is 0. The van der Waals surface area contributed by atoms with Gasteiger partial charge in [-0.05, 0) is 68.9 Å². The number of halogens is 3. The molecule has 0 bridgehead atoms. The molecule has 42 heavy (non-hydrogen) atoms. The molecule has 0 aliphatic carbocycles. The van der Waals surface area contributed by atoms with E-state index in [0.717, 1.165) is 22.4 Å². The average molecular weight is 622 g/mol. The van der Waals surface area contributed by atoms with Crippen LogP contribution in [0.2, 0.25) is 0 Å². The van der Waals surface area contributed by atoms with Crippen LogP contribution in [0.25, 0.3) is 0 Å². The second kappa shape index (κ2) is 11.8. The van der Waals surface area contributed by atoms with Gasteiger partial charge in [0.15, 0.2) is 15.6 Å². The zero-order chi connectivity index (χ0) is 30.3. The fourth-order valence-corrected chi connectivity index (χ4v) is 8.07. The molecule has 1 saturated heterocycles. The number of aromatic nitrogens is 2. The van der Waals surface area contributed by atoms with Crippen molar-refractivity contribution in [3.63, 3.8) is 0 Å². The van der Waals surface area contributed by atoms with Crippen molar-refractivity contribution in [2.45, 2.75) is 81.7 Å². The number of aryl methyl sites for hydroxylation is 1. The standard InChI is InChI=1S/C30H34F3N3O4S2/c1-4-42(38,39)24-8-5-21(6-9-24)7-10-25(37)26-16-22-15-19(2)40-29(27(22)41-26)11-13-36(14-12-29)20(3)23-17-34-28(35-18-23)30(31,32)33/h5-6,8-9,16-20H,4,7,10-15H2,1-3H3/t19-,20-/m0/s1. The van der Waals surface area contributed by atoms with E-state index in [1.165, 1.54) is 23.7 Å². The molecule has 0 unspecified atom stereocenters. The van der Waals surface area contributed by atoms with Crippen LogP contribution >= 0.6 is 11.3 Å². The molecule has 3 aromatic rings. The Morgan fingerprint density at radius 1 is 1.17 bits per heavy atom. The van der Waals surface area contributed by atoms with Crippen molar-refractivity contribution in [3.05, 3.63) is 75.0 Å². The molecule has 0 amide bonds. The number of benzene rings is 1. The number of hydrogen-bond donors (Lipinski definition) is 0. The number of alkyl halides is 3. The minimum Gasteiger partial charge on any atom is -0.366 e. The van der Waals surface area contributed by atoms with Crippen LogP contribution in [-0.2, 0) is 39.2 Å². The van der Waals surface area contributed by atoms with Gasteiger partial charge in [-0.15, -0.1) is 11.3 Å². The molecule has 5 rings (SSSR count).